The predicted molar refractivity (Wildman–Crippen MR) is 103 cm³/mol. The predicted octanol–water partition coefficient (Wildman–Crippen LogP) is 4.80. The van der Waals surface area contributed by atoms with Crippen LogP contribution < -0.4 is 19.5 Å². The number of anilines is 1. The summed E-state index contributed by atoms with van der Waals surface area (Å²) < 4.78 is 41.1. The number of para-hydroxylation sites is 2. The summed E-state index contributed by atoms with van der Waals surface area (Å²) >= 11 is 0. The molecule has 0 radical (unpaired) electrons. The van der Waals surface area contributed by atoms with Gasteiger partial charge in [0.2, 0.25) is 6.79 Å². The van der Waals surface area contributed by atoms with Crippen LogP contribution in [-0.4, -0.2) is 27.1 Å². The van der Waals surface area contributed by atoms with E-state index in [1.54, 1.807) is 33.1 Å². The molecule has 0 saturated carbocycles. The summed E-state index contributed by atoms with van der Waals surface area (Å²) in [5.41, 5.74) is 1.39. The van der Waals surface area contributed by atoms with Crippen molar-refractivity contribution in [3.63, 3.8) is 0 Å². The normalized spacial score (nSPS) is 14.0. The fraction of sp³-hybridized carbons (Fsp3) is 0.368. The molecule has 0 aromatic heterocycles. The third-order valence-corrected chi connectivity index (χ3v) is 6.34. The highest BCUT2D eigenvalue weighted by atomic mass is 31.2. The van der Waals surface area contributed by atoms with Crippen LogP contribution in [0.3, 0.4) is 0 Å². The molecule has 1 aliphatic heterocycles. The zero-order valence-electron chi connectivity index (χ0n) is 15.6. The minimum Gasteiger partial charge on any atom is -0.495 e. The molecule has 27 heavy (non-hydrogen) atoms. The first kappa shape index (κ1) is 19.5. The number of rotatable bonds is 9. The van der Waals surface area contributed by atoms with Gasteiger partial charge in [0.25, 0.3) is 0 Å². The van der Waals surface area contributed by atoms with Gasteiger partial charge in [-0.2, -0.15) is 0 Å². The van der Waals surface area contributed by atoms with E-state index in [0.29, 0.717) is 28.5 Å². The fourth-order valence-corrected chi connectivity index (χ4v) is 4.80. The van der Waals surface area contributed by atoms with Crippen molar-refractivity contribution in [3.05, 3.63) is 48.0 Å². The molecule has 2 aromatic rings. The number of methoxy groups -OCH3 is 1. The highest BCUT2D eigenvalue weighted by Gasteiger charge is 2.38. The molecule has 146 valence electrons. The molecule has 7 nitrogen and oxygen atoms in total. The average molecular weight is 393 g/mol. The topological polar surface area (TPSA) is 75.3 Å². The van der Waals surface area contributed by atoms with E-state index in [-0.39, 0.29) is 20.0 Å². The van der Waals surface area contributed by atoms with Gasteiger partial charge in [-0.25, -0.2) is 0 Å². The Morgan fingerprint density at radius 3 is 2.48 bits per heavy atom. The summed E-state index contributed by atoms with van der Waals surface area (Å²) in [6.07, 6.45) is 0. The Bertz CT molecular complexity index is 818. The Labute approximate surface area is 159 Å². The zero-order valence-corrected chi connectivity index (χ0v) is 16.5. The number of ether oxygens (including phenoxy) is 3. The lowest BCUT2D eigenvalue weighted by atomic mass is 10.2. The number of hydrogen-bond acceptors (Lipinski definition) is 7. The number of fused-ring (bicyclic) bond motifs is 1. The summed E-state index contributed by atoms with van der Waals surface area (Å²) in [6, 6.07) is 12.8. The summed E-state index contributed by atoms with van der Waals surface area (Å²) in [7, 11) is -1.95. The average Bonchev–Trinajstić information content (AvgIpc) is 3.14. The lowest BCUT2D eigenvalue weighted by molar-refractivity contribution is 0.174. The van der Waals surface area contributed by atoms with E-state index in [1.165, 1.54) is 0 Å². The Balaban J connectivity index is 2.04. The molecule has 2 aromatic carbocycles. The minimum atomic E-state index is -3.54. The van der Waals surface area contributed by atoms with Gasteiger partial charge in [0.15, 0.2) is 17.3 Å². The second-order valence-electron chi connectivity index (χ2n) is 5.74. The first-order valence-electron chi connectivity index (χ1n) is 8.79. The van der Waals surface area contributed by atoms with E-state index in [1.807, 2.05) is 30.3 Å². The summed E-state index contributed by atoms with van der Waals surface area (Å²) in [6.45, 7) is 4.24. The molecular formula is C19H24NO6P. The molecular weight excluding hydrogens is 369 g/mol. The van der Waals surface area contributed by atoms with Crippen LogP contribution in [0.5, 0.6) is 17.2 Å². The van der Waals surface area contributed by atoms with Crippen LogP contribution in [0.4, 0.5) is 5.69 Å². The second kappa shape index (κ2) is 8.65. The third-order valence-electron chi connectivity index (χ3n) is 4.05. The van der Waals surface area contributed by atoms with Gasteiger partial charge in [-0.05, 0) is 43.7 Å². The van der Waals surface area contributed by atoms with Gasteiger partial charge in [-0.1, -0.05) is 18.2 Å². The van der Waals surface area contributed by atoms with Crippen LogP contribution in [0.1, 0.15) is 25.2 Å². The third kappa shape index (κ3) is 4.21. The van der Waals surface area contributed by atoms with E-state index in [2.05, 4.69) is 5.32 Å². The van der Waals surface area contributed by atoms with E-state index < -0.39 is 13.4 Å². The zero-order chi connectivity index (χ0) is 19.3. The maximum atomic E-state index is 13.6. The standard InChI is InChI=1S/C19H24NO6P/c1-4-25-27(21,26-5-2)19(20-15-8-6-7-9-16(15)22-3)14-10-11-17-18(12-14)24-13-23-17/h6-12,19-20H,4-5,13H2,1-3H3. The Morgan fingerprint density at radius 1 is 1.07 bits per heavy atom. The van der Waals surface area contributed by atoms with Crippen molar-refractivity contribution >= 4 is 13.3 Å². The van der Waals surface area contributed by atoms with E-state index in [4.69, 9.17) is 23.3 Å². The highest BCUT2D eigenvalue weighted by molar-refractivity contribution is 7.54. The number of benzene rings is 2. The van der Waals surface area contributed by atoms with Crippen molar-refractivity contribution in [1.82, 2.24) is 0 Å². The molecule has 8 heteroatoms. The molecule has 0 aliphatic carbocycles. The first-order chi connectivity index (χ1) is 13.1. The van der Waals surface area contributed by atoms with Crippen molar-refractivity contribution in [2.75, 3.05) is 32.4 Å². The van der Waals surface area contributed by atoms with Gasteiger partial charge in [0, 0.05) is 0 Å². The molecule has 1 aliphatic rings. The maximum absolute atomic E-state index is 13.6. The van der Waals surface area contributed by atoms with Crippen molar-refractivity contribution in [1.29, 1.82) is 0 Å². The van der Waals surface area contributed by atoms with Crippen molar-refractivity contribution < 1.29 is 27.8 Å². The van der Waals surface area contributed by atoms with Crippen LogP contribution in [0.2, 0.25) is 0 Å². The molecule has 0 amide bonds. The molecule has 1 N–H and O–H groups in total. The number of nitrogens with one attached hydrogen (secondary N) is 1. The summed E-state index contributed by atoms with van der Waals surface area (Å²) in [5.74, 6) is 1.13. The van der Waals surface area contributed by atoms with Gasteiger partial charge in [-0.3, -0.25) is 4.57 Å². The number of hydrogen-bond donors (Lipinski definition) is 1. The smallest absolute Gasteiger partial charge is 0.357 e. The lowest BCUT2D eigenvalue weighted by Crippen LogP contribution is -2.15. The van der Waals surface area contributed by atoms with Crippen molar-refractivity contribution in [3.8, 4) is 17.2 Å². The van der Waals surface area contributed by atoms with E-state index >= 15 is 0 Å². The first-order valence-corrected chi connectivity index (χ1v) is 10.4. The Kier molecular flexibility index (Phi) is 6.26. The van der Waals surface area contributed by atoms with Crippen LogP contribution in [0.15, 0.2) is 42.5 Å². The molecule has 0 bridgehead atoms. The van der Waals surface area contributed by atoms with Gasteiger partial charge >= 0.3 is 7.60 Å². The van der Waals surface area contributed by atoms with E-state index in [9.17, 15) is 4.57 Å². The Morgan fingerprint density at radius 2 is 1.78 bits per heavy atom. The summed E-state index contributed by atoms with van der Waals surface area (Å²) in [4.78, 5) is 0. The second-order valence-corrected chi connectivity index (χ2v) is 7.85. The van der Waals surface area contributed by atoms with Gasteiger partial charge < -0.3 is 28.6 Å². The van der Waals surface area contributed by atoms with E-state index in [0.717, 1.165) is 0 Å². The molecule has 1 atom stereocenters. The monoisotopic (exact) mass is 393 g/mol. The van der Waals surface area contributed by atoms with Gasteiger partial charge in [0.1, 0.15) is 5.75 Å². The molecule has 0 saturated heterocycles. The van der Waals surface area contributed by atoms with Crippen LogP contribution in [0, 0.1) is 0 Å². The largest absolute Gasteiger partial charge is 0.495 e. The highest BCUT2D eigenvalue weighted by Crippen LogP contribution is 2.61. The van der Waals surface area contributed by atoms with Gasteiger partial charge in [0.05, 0.1) is 26.0 Å². The SMILES string of the molecule is CCOP(=O)(OCC)C(Nc1ccccc1OC)c1ccc2c(c1)OCO2. The minimum absolute atomic E-state index is 0.165. The van der Waals surface area contributed by atoms with Crippen LogP contribution >= 0.6 is 7.60 Å². The van der Waals surface area contributed by atoms with Crippen LogP contribution in [-0.2, 0) is 13.6 Å². The summed E-state index contributed by atoms with van der Waals surface area (Å²) in [5, 5.41) is 3.28. The quantitative estimate of drug-likeness (QED) is 0.613. The molecule has 1 heterocycles. The lowest BCUT2D eigenvalue weighted by Gasteiger charge is -2.28. The Hall–Kier alpha value is -2.21. The molecule has 1 unspecified atom stereocenters. The fourth-order valence-electron chi connectivity index (χ4n) is 2.89. The molecule has 0 fully saturated rings. The molecule has 0 spiro atoms. The van der Waals surface area contributed by atoms with Crippen LogP contribution in [0.25, 0.3) is 0 Å². The van der Waals surface area contributed by atoms with Crippen molar-refractivity contribution in [2.45, 2.75) is 19.6 Å². The van der Waals surface area contributed by atoms with Gasteiger partial charge in [-0.15, -0.1) is 0 Å². The maximum Gasteiger partial charge on any atom is 0.357 e. The molecule has 3 rings (SSSR count). The van der Waals surface area contributed by atoms with Crippen molar-refractivity contribution in [2.24, 2.45) is 0 Å².